The molecule has 18 heavy (non-hydrogen) atoms. The molecule has 0 saturated heterocycles. The van der Waals surface area contributed by atoms with Crippen molar-refractivity contribution in [3.05, 3.63) is 28.3 Å². The van der Waals surface area contributed by atoms with E-state index in [4.69, 9.17) is 4.42 Å². The van der Waals surface area contributed by atoms with Gasteiger partial charge in [-0.3, -0.25) is 10.1 Å². The molecule has 0 bridgehead atoms. The van der Waals surface area contributed by atoms with E-state index in [-0.39, 0.29) is 5.69 Å². The second-order valence-corrected chi connectivity index (χ2v) is 4.54. The van der Waals surface area contributed by atoms with Crippen LogP contribution in [0.1, 0.15) is 20.3 Å². The number of benzene rings is 1. The Hall–Kier alpha value is -2.11. The number of hydrogen-bond donors (Lipinski definition) is 1. The Morgan fingerprint density at radius 1 is 1.50 bits per heavy atom. The maximum absolute atomic E-state index is 10.6. The van der Waals surface area contributed by atoms with Crippen LogP contribution in [-0.4, -0.2) is 16.5 Å². The van der Waals surface area contributed by atoms with Gasteiger partial charge in [-0.1, -0.05) is 13.8 Å². The summed E-state index contributed by atoms with van der Waals surface area (Å²) in [6.07, 6.45) is 1.01. The van der Waals surface area contributed by atoms with Crippen LogP contribution in [0.2, 0.25) is 0 Å². The minimum Gasteiger partial charge on any atom is -0.423 e. The summed E-state index contributed by atoms with van der Waals surface area (Å²) in [7, 11) is 0. The SMILES string of the molecule is CC(C)CCNc1nc2ccc([N+](=O)[O-])cc2o1. The van der Waals surface area contributed by atoms with Gasteiger partial charge < -0.3 is 9.73 Å². The lowest BCUT2D eigenvalue weighted by Gasteiger charge is -2.03. The Morgan fingerprint density at radius 3 is 2.94 bits per heavy atom. The summed E-state index contributed by atoms with van der Waals surface area (Å²) in [4.78, 5) is 14.4. The highest BCUT2D eigenvalue weighted by molar-refractivity contribution is 5.77. The Labute approximate surface area is 104 Å². The molecule has 96 valence electrons. The third-order valence-corrected chi connectivity index (χ3v) is 2.58. The van der Waals surface area contributed by atoms with Crippen molar-refractivity contribution < 1.29 is 9.34 Å². The summed E-state index contributed by atoms with van der Waals surface area (Å²) in [5.41, 5.74) is 1.05. The monoisotopic (exact) mass is 249 g/mol. The molecular formula is C12H15N3O3. The van der Waals surface area contributed by atoms with Crippen molar-refractivity contribution in [2.24, 2.45) is 5.92 Å². The minimum atomic E-state index is -0.451. The molecule has 0 radical (unpaired) electrons. The van der Waals surface area contributed by atoms with E-state index in [0.29, 0.717) is 23.0 Å². The summed E-state index contributed by atoms with van der Waals surface area (Å²) in [6, 6.07) is 4.80. The third-order valence-electron chi connectivity index (χ3n) is 2.58. The lowest BCUT2D eigenvalue weighted by Crippen LogP contribution is -2.04. The zero-order valence-corrected chi connectivity index (χ0v) is 10.3. The van der Waals surface area contributed by atoms with Crippen LogP contribution in [0, 0.1) is 16.0 Å². The molecule has 1 aromatic carbocycles. The molecule has 0 atom stereocenters. The van der Waals surface area contributed by atoms with Crippen molar-refractivity contribution in [1.82, 2.24) is 4.98 Å². The molecule has 0 fully saturated rings. The Bertz CT molecular complexity index is 563. The number of nitrogens with one attached hydrogen (secondary N) is 1. The number of rotatable bonds is 5. The molecule has 0 aliphatic heterocycles. The van der Waals surface area contributed by atoms with Crippen LogP contribution < -0.4 is 5.32 Å². The number of hydrogen-bond acceptors (Lipinski definition) is 5. The standard InChI is InChI=1S/C12H15N3O3/c1-8(2)5-6-13-12-14-10-4-3-9(15(16)17)7-11(10)18-12/h3-4,7-8H,5-6H2,1-2H3,(H,13,14). The Morgan fingerprint density at radius 2 is 2.28 bits per heavy atom. The van der Waals surface area contributed by atoms with Crippen molar-refractivity contribution in [2.45, 2.75) is 20.3 Å². The molecular weight excluding hydrogens is 234 g/mol. The number of fused-ring (bicyclic) bond motifs is 1. The predicted octanol–water partition coefficient (Wildman–Crippen LogP) is 3.19. The summed E-state index contributed by atoms with van der Waals surface area (Å²) in [5.74, 6) is 0.600. The maximum atomic E-state index is 10.6. The van der Waals surface area contributed by atoms with Crippen LogP contribution in [0.4, 0.5) is 11.7 Å². The smallest absolute Gasteiger partial charge is 0.295 e. The first-order valence-corrected chi connectivity index (χ1v) is 5.85. The highest BCUT2D eigenvalue weighted by Gasteiger charge is 2.11. The fourth-order valence-corrected chi connectivity index (χ4v) is 1.57. The quantitative estimate of drug-likeness (QED) is 0.650. The van der Waals surface area contributed by atoms with Gasteiger partial charge in [0.1, 0.15) is 5.52 Å². The molecule has 1 N–H and O–H groups in total. The predicted molar refractivity (Wildman–Crippen MR) is 68.6 cm³/mol. The van der Waals surface area contributed by atoms with E-state index < -0.39 is 4.92 Å². The van der Waals surface area contributed by atoms with Gasteiger partial charge in [0.2, 0.25) is 0 Å². The van der Waals surface area contributed by atoms with E-state index in [9.17, 15) is 10.1 Å². The van der Waals surface area contributed by atoms with Gasteiger partial charge in [-0.05, 0) is 18.4 Å². The van der Waals surface area contributed by atoms with Crippen molar-refractivity contribution in [3.8, 4) is 0 Å². The average Bonchev–Trinajstić information content (AvgIpc) is 2.69. The number of oxazole rings is 1. The second-order valence-electron chi connectivity index (χ2n) is 4.54. The van der Waals surface area contributed by atoms with Gasteiger partial charge in [0.05, 0.1) is 11.0 Å². The van der Waals surface area contributed by atoms with Crippen LogP contribution in [0.15, 0.2) is 22.6 Å². The van der Waals surface area contributed by atoms with Gasteiger partial charge in [-0.2, -0.15) is 4.98 Å². The lowest BCUT2D eigenvalue weighted by molar-refractivity contribution is -0.384. The summed E-state index contributed by atoms with van der Waals surface area (Å²) < 4.78 is 5.41. The van der Waals surface area contributed by atoms with Crippen LogP contribution in [0.5, 0.6) is 0 Å². The fraction of sp³-hybridized carbons (Fsp3) is 0.417. The molecule has 0 amide bonds. The molecule has 0 aliphatic rings. The van der Waals surface area contributed by atoms with E-state index in [2.05, 4.69) is 24.1 Å². The van der Waals surface area contributed by atoms with Crippen LogP contribution in [-0.2, 0) is 0 Å². The maximum Gasteiger partial charge on any atom is 0.295 e. The summed E-state index contributed by atoms with van der Waals surface area (Å²) >= 11 is 0. The second kappa shape index (κ2) is 5.03. The van der Waals surface area contributed by atoms with E-state index in [1.54, 1.807) is 6.07 Å². The fourth-order valence-electron chi connectivity index (χ4n) is 1.57. The van der Waals surface area contributed by atoms with Crippen molar-refractivity contribution in [1.29, 1.82) is 0 Å². The van der Waals surface area contributed by atoms with E-state index >= 15 is 0 Å². The molecule has 0 spiro atoms. The number of non-ortho nitro benzene ring substituents is 1. The average molecular weight is 249 g/mol. The van der Waals surface area contributed by atoms with Crippen LogP contribution >= 0.6 is 0 Å². The van der Waals surface area contributed by atoms with Gasteiger partial charge in [0.25, 0.3) is 11.7 Å². The Kier molecular flexibility index (Phi) is 3.45. The number of aromatic nitrogens is 1. The first-order chi connectivity index (χ1) is 8.56. The van der Waals surface area contributed by atoms with Crippen LogP contribution in [0.25, 0.3) is 11.1 Å². The summed E-state index contributed by atoms with van der Waals surface area (Å²) in [5, 5.41) is 13.7. The minimum absolute atomic E-state index is 0.00683. The van der Waals surface area contributed by atoms with Gasteiger partial charge >= 0.3 is 0 Å². The van der Waals surface area contributed by atoms with Crippen LogP contribution in [0.3, 0.4) is 0 Å². The largest absolute Gasteiger partial charge is 0.423 e. The third kappa shape index (κ3) is 2.77. The molecule has 6 heteroatoms. The van der Waals surface area contributed by atoms with Crippen molar-refractivity contribution in [3.63, 3.8) is 0 Å². The zero-order chi connectivity index (χ0) is 13.1. The van der Waals surface area contributed by atoms with Gasteiger partial charge in [-0.15, -0.1) is 0 Å². The van der Waals surface area contributed by atoms with E-state index in [0.717, 1.165) is 13.0 Å². The molecule has 1 aromatic heterocycles. The number of nitro benzene ring substituents is 1. The first kappa shape index (κ1) is 12.3. The van der Waals surface area contributed by atoms with Gasteiger partial charge in [-0.25, -0.2) is 0 Å². The van der Waals surface area contributed by atoms with Gasteiger partial charge in [0.15, 0.2) is 5.58 Å². The molecule has 0 unspecified atom stereocenters. The topological polar surface area (TPSA) is 81.2 Å². The molecule has 6 nitrogen and oxygen atoms in total. The van der Waals surface area contributed by atoms with Crippen molar-refractivity contribution >= 4 is 22.8 Å². The van der Waals surface area contributed by atoms with Crippen molar-refractivity contribution in [2.75, 3.05) is 11.9 Å². The molecule has 1 heterocycles. The van der Waals surface area contributed by atoms with E-state index in [1.165, 1.54) is 12.1 Å². The Balaban J connectivity index is 2.14. The lowest BCUT2D eigenvalue weighted by atomic mass is 10.1. The first-order valence-electron chi connectivity index (χ1n) is 5.85. The highest BCUT2D eigenvalue weighted by atomic mass is 16.6. The number of nitro groups is 1. The molecule has 2 rings (SSSR count). The van der Waals surface area contributed by atoms with E-state index in [1.807, 2.05) is 0 Å². The molecule has 0 aliphatic carbocycles. The van der Waals surface area contributed by atoms with Gasteiger partial charge in [0, 0.05) is 12.6 Å². The number of nitrogens with zero attached hydrogens (tertiary/aromatic N) is 2. The molecule has 2 aromatic rings. The molecule has 0 saturated carbocycles. The summed E-state index contributed by atoms with van der Waals surface area (Å²) in [6.45, 7) is 5.04. The number of anilines is 1. The normalized spacial score (nSPS) is 11.1. The zero-order valence-electron chi connectivity index (χ0n) is 10.3. The highest BCUT2D eigenvalue weighted by Crippen LogP contribution is 2.23.